The van der Waals surface area contributed by atoms with Gasteiger partial charge in [-0.1, -0.05) is 58.7 Å². The maximum atomic E-state index is 12.1. The van der Waals surface area contributed by atoms with Gasteiger partial charge in [0, 0.05) is 5.56 Å². The van der Waals surface area contributed by atoms with Crippen molar-refractivity contribution in [2.75, 3.05) is 7.11 Å². The number of hydrogen-bond donors (Lipinski definition) is 0. The van der Waals surface area contributed by atoms with E-state index in [0.29, 0.717) is 11.6 Å². The first-order valence-electron chi connectivity index (χ1n) is 7.16. The largest absolute Gasteiger partial charge is 0.494 e. The molecule has 1 aromatic heterocycles. The van der Waals surface area contributed by atoms with Crippen molar-refractivity contribution in [2.45, 2.75) is 6.61 Å². The van der Waals surface area contributed by atoms with Crippen LogP contribution < -0.4 is 4.74 Å². The highest BCUT2D eigenvalue weighted by Gasteiger charge is 2.16. The maximum absolute atomic E-state index is 12.1. The minimum atomic E-state index is -0.620. The van der Waals surface area contributed by atoms with Crippen LogP contribution in [-0.4, -0.2) is 23.2 Å². The van der Waals surface area contributed by atoms with E-state index >= 15 is 0 Å². The van der Waals surface area contributed by atoms with Gasteiger partial charge in [0.15, 0.2) is 12.4 Å². The van der Waals surface area contributed by atoms with Crippen molar-refractivity contribution in [1.82, 2.24) is 10.1 Å². The third kappa shape index (κ3) is 3.92. The van der Waals surface area contributed by atoms with E-state index in [4.69, 9.17) is 37.2 Å². The van der Waals surface area contributed by atoms with E-state index in [-0.39, 0.29) is 28.1 Å². The molecule has 0 saturated carbocycles. The minimum absolute atomic E-state index is 0.167. The molecule has 25 heavy (non-hydrogen) atoms. The molecule has 8 heteroatoms. The molecule has 0 amide bonds. The molecule has 3 aromatic rings. The van der Waals surface area contributed by atoms with E-state index in [9.17, 15) is 4.79 Å². The minimum Gasteiger partial charge on any atom is -0.494 e. The highest BCUT2D eigenvalue weighted by molar-refractivity contribution is 6.37. The summed E-state index contributed by atoms with van der Waals surface area (Å²) in [6.07, 6.45) is 0. The van der Waals surface area contributed by atoms with E-state index in [1.165, 1.54) is 19.2 Å². The Hall–Kier alpha value is -2.57. The zero-order chi connectivity index (χ0) is 17.8. The lowest BCUT2D eigenvalue weighted by Gasteiger charge is -2.08. The first-order valence-corrected chi connectivity index (χ1v) is 7.92. The van der Waals surface area contributed by atoms with E-state index < -0.39 is 5.97 Å². The van der Waals surface area contributed by atoms with Gasteiger partial charge >= 0.3 is 5.97 Å². The van der Waals surface area contributed by atoms with Crippen LogP contribution in [-0.2, 0) is 11.3 Å². The van der Waals surface area contributed by atoms with Gasteiger partial charge in [0.25, 0.3) is 5.89 Å². The summed E-state index contributed by atoms with van der Waals surface area (Å²) in [7, 11) is 1.44. The summed E-state index contributed by atoms with van der Waals surface area (Å²) in [4.78, 5) is 16.3. The van der Waals surface area contributed by atoms with Gasteiger partial charge < -0.3 is 14.0 Å². The Bertz CT molecular complexity index is 874. The van der Waals surface area contributed by atoms with Gasteiger partial charge in [-0.15, -0.1) is 0 Å². The second kappa shape index (κ2) is 7.55. The first kappa shape index (κ1) is 17.3. The lowest BCUT2D eigenvalue weighted by Crippen LogP contribution is -2.06. The molecule has 0 N–H and O–H groups in total. The van der Waals surface area contributed by atoms with Gasteiger partial charge in [0.1, 0.15) is 0 Å². The molecule has 0 aliphatic heterocycles. The van der Waals surface area contributed by atoms with Crippen molar-refractivity contribution in [3.8, 4) is 17.1 Å². The smallest absolute Gasteiger partial charge is 0.338 e. The van der Waals surface area contributed by atoms with E-state index in [1.54, 1.807) is 0 Å². The van der Waals surface area contributed by atoms with Crippen LogP contribution in [0.15, 0.2) is 47.0 Å². The molecule has 3 rings (SSSR count). The van der Waals surface area contributed by atoms with Crippen molar-refractivity contribution in [3.05, 3.63) is 64.0 Å². The molecule has 0 spiro atoms. The summed E-state index contributed by atoms with van der Waals surface area (Å²) in [6, 6.07) is 12.1. The number of nitrogens with zero attached hydrogens (tertiary/aromatic N) is 2. The Morgan fingerprint density at radius 1 is 1.16 bits per heavy atom. The lowest BCUT2D eigenvalue weighted by atomic mass is 10.2. The van der Waals surface area contributed by atoms with Gasteiger partial charge in [-0.3, -0.25) is 0 Å². The number of methoxy groups -OCH3 is 1. The summed E-state index contributed by atoms with van der Waals surface area (Å²) in [5.41, 5.74) is 0.996. The molecule has 0 aliphatic rings. The van der Waals surface area contributed by atoms with Crippen molar-refractivity contribution in [1.29, 1.82) is 0 Å². The molecule has 0 atom stereocenters. The number of ether oxygens (including phenoxy) is 2. The first-order chi connectivity index (χ1) is 12.1. The second-order valence-corrected chi connectivity index (χ2v) is 5.74. The number of esters is 1. The van der Waals surface area contributed by atoms with Crippen LogP contribution in [0, 0.1) is 0 Å². The van der Waals surface area contributed by atoms with Gasteiger partial charge in [0.05, 0.1) is 22.7 Å². The summed E-state index contributed by atoms with van der Waals surface area (Å²) in [6.45, 7) is -0.167. The molecule has 128 valence electrons. The fourth-order valence-electron chi connectivity index (χ4n) is 2.10. The van der Waals surface area contributed by atoms with Crippen molar-refractivity contribution >= 4 is 29.2 Å². The zero-order valence-electron chi connectivity index (χ0n) is 13.0. The normalized spacial score (nSPS) is 10.5. The molecular formula is C17H12Cl2N2O4. The van der Waals surface area contributed by atoms with Crippen molar-refractivity contribution in [2.24, 2.45) is 0 Å². The molecule has 0 unspecified atom stereocenters. The lowest BCUT2D eigenvalue weighted by molar-refractivity contribution is 0.0430. The Morgan fingerprint density at radius 3 is 2.48 bits per heavy atom. The van der Waals surface area contributed by atoms with Gasteiger partial charge in [0.2, 0.25) is 5.82 Å². The fraction of sp³-hybridized carbons (Fsp3) is 0.118. The van der Waals surface area contributed by atoms with E-state index in [1.807, 2.05) is 30.3 Å². The Labute approximate surface area is 153 Å². The quantitative estimate of drug-likeness (QED) is 0.612. The molecular weight excluding hydrogens is 367 g/mol. The molecule has 6 nitrogen and oxygen atoms in total. The third-order valence-corrected chi connectivity index (χ3v) is 3.83. The number of rotatable bonds is 5. The summed E-state index contributed by atoms with van der Waals surface area (Å²) >= 11 is 12.0. The van der Waals surface area contributed by atoms with Crippen molar-refractivity contribution < 1.29 is 18.8 Å². The van der Waals surface area contributed by atoms with Crippen LogP contribution in [0.2, 0.25) is 10.0 Å². The topological polar surface area (TPSA) is 74.5 Å². The second-order valence-electron chi connectivity index (χ2n) is 4.93. The number of benzene rings is 2. The standard InChI is InChI=1S/C17H12Cl2N2O4/c1-23-15-12(18)7-11(8-13(15)19)17(22)24-9-14-20-16(21-25-14)10-5-3-2-4-6-10/h2-8H,9H2,1H3. The molecule has 1 heterocycles. The van der Waals surface area contributed by atoms with Crippen LogP contribution in [0.5, 0.6) is 5.75 Å². The van der Waals surface area contributed by atoms with Crippen LogP contribution >= 0.6 is 23.2 Å². The fourth-order valence-corrected chi connectivity index (χ4v) is 2.74. The molecule has 2 aromatic carbocycles. The van der Waals surface area contributed by atoms with Gasteiger partial charge in [-0.25, -0.2) is 4.79 Å². The molecule has 0 radical (unpaired) electrons. The number of carbonyl (C=O) groups excluding carboxylic acids is 1. The molecule has 0 aliphatic carbocycles. The summed E-state index contributed by atoms with van der Waals surface area (Å²) < 4.78 is 15.3. The average Bonchev–Trinajstić information content (AvgIpc) is 3.09. The zero-order valence-corrected chi connectivity index (χ0v) is 14.5. The number of hydrogen-bond acceptors (Lipinski definition) is 6. The number of halogens is 2. The Kier molecular flexibility index (Phi) is 5.21. The predicted molar refractivity (Wildman–Crippen MR) is 91.9 cm³/mol. The average molecular weight is 379 g/mol. The van der Waals surface area contributed by atoms with Crippen LogP contribution in [0.4, 0.5) is 0 Å². The molecule has 0 saturated heterocycles. The summed E-state index contributed by atoms with van der Waals surface area (Å²) in [5.74, 6) is 0.273. The highest BCUT2D eigenvalue weighted by atomic mass is 35.5. The van der Waals surface area contributed by atoms with E-state index in [2.05, 4.69) is 10.1 Å². The van der Waals surface area contributed by atoms with Crippen molar-refractivity contribution in [3.63, 3.8) is 0 Å². The third-order valence-electron chi connectivity index (χ3n) is 3.26. The SMILES string of the molecule is COc1c(Cl)cc(C(=O)OCc2nc(-c3ccccc3)no2)cc1Cl. The monoisotopic (exact) mass is 378 g/mol. The summed E-state index contributed by atoms with van der Waals surface area (Å²) in [5, 5.41) is 4.28. The molecule has 0 bridgehead atoms. The Morgan fingerprint density at radius 2 is 1.84 bits per heavy atom. The highest BCUT2D eigenvalue weighted by Crippen LogP contribution is 2.34. The van der Waals surface area contributed by atoms with Gasteiger partial charge in [-0.2, -0.15) is 4.98 Å². The maximum Gasteiger partial charge on any atom is 0.338 e. The van der Waals surface area contributed by atoms with E-state index in [0.717, 1.165) is 5.56 Å². The van der Waals surface area contributed by atoms with Crippen LogP contribution in [0.3, 0.4) is 0 Å². The number of carbonyl (C=O) groups is 1. The number of aromatic nitrogens is 2. The molecule has 0 fully saturated rings. The van der Waals surface area contributed by atoms with Gasteiger partial charge in [-0.05, 0) is 12.1 Å². The predicted octanol–water partition coefficient (Wildman–Crippen LogP) is 4.41. The Balaban J connectivity index is 1.68. The van der Waals surface area contributed by atoms with Crippen LogP contribution in [0.25, 0.3) is 11.4 Å². The van der Waals surface area contributed by atoms with Crippen LogP contribution in [0.1, 0.15) is 16.2 Å².